The zero-order valence-corrected chi connectivity index (χ0v) is 35.8. The van der Waals surface area contributed by atoms with E-state index in [4.69, 9.17) is 28.7 Å². The van der Waals surface area contributed by atoms with E-state index in [9.17, 15) is 43.8 Å². The number of hydrogen-bond donors (Lipinski definition) is 13. The molecule has 0 aliphatic heterocycles. The van der Waals surface area contributed by atoms with Crippen LogP contribution >= 0.6 is 0 Å². The number of carboxylic acids is 1. The van der Waals surface area contributed by atoms with Crippen LogP contribution in [0.5, 0.6) is 0 Å². The van der Waals surface area contributed by atoms with Crippen LogP contribution < -0.4 is 60.6 Å². The summed E-state index contributed by atoms with van der Waals surface area (Å²) in [5, 5.41) is 35.2. The third-order valence-electron chi connectivity index (χ3n) is 9.51. The van der Waals surface area contributed by atoms with Crippen LogP contribution in [-0.2, 0) is 46.4 Å². The van der Waals surface area contributed by atoms with Gasteiger partial charge in [0.05, 0.1) is 12.6 Å². The van der Waals surface area contributed by atoms with Crippen LogP contribution in [0.25, 0.3) is 0 Å². The molecule has 63 heavy (non-hydrogen) atoms. The normalized spacial score (nSPS) is 14.2. The van der Waals surface area contributed by atoms with Gasteiger partial charge < -0.3 is 70.8 Å². The summed E-state index contributed by atoms with van der Waals surface area (Å²) in [6, 6.07) is 8.25. The smallest absolute Gasteiger partial charge is 0.326 e. The molecule has 2 aromatic rings. The van der Waals surface area contributed by atoms with Crippen LogP contribution in [-0.4, -0.2) is 126 Å². The quantitative estimate of drug-likeness (QED) is 0.0236. The van der Waals surface area contributed by atoms with Crippen molar-refractivity contribution in [3.8, 4) is 0 Å². The molecule has 7 atom stereocenters. The third-order valence-corrected chi connectivity index (χ3v) is 9.51. The molecule has 22 nitrogen and oxygen atoms in total. The van der Waals surface area contributed by atoms with Gasteiger partial charge >= 0.3 is 5.97 Å². The monoisotopic (exact) mass is 881 g/mol. The number of carboxylic acid groups (broad SMARTS) is 1. The Morgan fingerprint density at radius 1 is 0.556 bits per heavy atom. The second kappa shape index (κ2) is 27.2. The minimum absolute atomic E-state index is 0.0138. The second-order valence-electron chi connectivity index (χ2n) is 15.1. The van der Waals surface area contributed by atoms with E-state index >= 15 is 0 Å². The molecule has 0 saturated carbocycles. The van der Waals surface area contributed by atoms with Crippen LogP contribution in [0.4, 0.5) is 0 Å². The Hall–Kier alpha value is -6.81. The van der Waals surface area contributed by atoms with Crippen molar-refractivity contribution >= 4 is 53.3 Å². The number of aliphatic imine (C=N–C) groups is 2. The Morgan fingerprint density at radius 3 is 1.49 bits per heavy atom. The number of rotatable bonds is 27. The van der Waals surface area contributed by atoms with Crippen molar-refractivity contribution in [2.45, 2.75) is 102 Å². The Kier molecular flexibility index (Phi) is 22.6. The number of nitrogens with one attached hydrogen (secondary N) is 6. The molecule has 0 unspecified atom stereocenters. The largest absolute Gasteiger partial charge is 0.480 e. The van der Waals surface area contributed by atoms with Crippen molar-refractivity contribution < 1.29 is 43.8 Å². The Labute approximate surface area is 366 Å². The van der Waals surface area contributed by atoms with Gasteiger partial charge in [0, 0.05) is 25.9 Å². The zero-order valence-electron chi connectivity index (χ0n) is 35.8. The fourth-order valence-electron chi connectivity index (χ4n) is 6.00. The lowest BCUT2D eigenvalue weighted by Crippen LogP contribution is -2.61. The molecule has 6 amide bonds. The molecule has 2 aromatic carbocycles. The van der Waals surface area contributed by atoms with E-state index in [1.165, 1.54) is 6.92 Å². The number of benzene rings is 2. The van der Waals surface area contributed by atoms with Gasteiger partial charge in [-0.3, -0.25) is 38.8 Å². The zero-order chi connectivity index (χ0) is 47.1. The lowest BCUT2D eigenvalue weighted by Gasteiger charge is -2.28. The molecule has 22 heteroatoms. The number of nitrogens with two attached hydrogens (primary N) is 5. The fourth-order valence-corrected chi connectivity index (χ4v) is 6.00. The minimum Gasteiger partial charge on any atom is -0.480 e. The summed E-state index contributed by atoms with van der Waals surface area (Å²) in [4.78, 5) is 100. The van der Waals surface area contributed by atoms with Crippen molar-refractivity contribution in [3.05, 3.63) is 71.8 Å². The first-order valence-electron chi connectivity index (χ1n) is 20.4. The number of aliphatic carboxylic acids is 1. The van der Waals surface area contributed by atoms with Gasteiger partial charge in [0.1, 0.15) is 36.3 Å². The molecule has 0 spiro atoms. The molecule has 0 radical (unpaired) electrons. The van der Waals surface area contributed by atoms with Gasteiger partial charge in [-0.05, 0) is 49.7 Å². The Morgan fingerprint density at radius 2 is 1.00 bits per heavy atom. The number of guanidine groups is 2. The van der Waals surface area contributed by atoms with E-state index in [1.807, 2.05) is 0 Å². The van der Waals surface area contributed by atoms with Crippen LogP contribution in [0, 0.1) is 5.92 Å². The average molecular weight is 882 g/mol. The maximum Gasteiger partial charge on any atom is 0.326 e. The van der Waals surface area contributed by atoms with Crippen molar-refractivity contribution in [1.29, 1.82) is 0 Å². The van der Waals surface area contributed by atoms with Gasteiger partial charge in [0.15, 0.2) is 11.9 Å². The van der Waals surface area contributed by atoms with Crippen molar-refractivity contribution in [2.75, 3.05) is 19.7 Å². The number of carbonyl (C=O) groups excluding carboxylic acids is 6. The molecule has 18 N–H and O–H groups in total. The topological polar surface area (TPSA) is 387 Å². The highest BCUT2D eigenvalue weighted by molar-refractivity contribution is 5.97. The maximum absolute atomic E-state index is 13.9. The van der Waals surface area contributed by atoms with Crippen LogP contribution in [0.2, 0.25) is 0 Å². The highest BCUT2D eigenvalue weighted by atomic mass is 16.4. The van der Waals surface area contributed by atoms with E-state index in [1.54, 1.807) is 74.5 Å². The van der Waals surface area contributed by atoms with Gasteiger partial charge in [-0.15, -0.1) is 0 Å². The Bertz CT molecular complexity index is 1880. The van der Waals surface area contributed by atoms with Crippen LogP contribution in [0.3, 0.4) is 0 Å². The number of aliphatic hydroxyl groups excluding tert-OH is 1. The molecular formula is C41H63N13O9. The highest BCUT2D eigenvalue weighted by Gasteiger charge is 2.34. The molecular weight excluding hydrogens is 819 g/mol. The van der Waals surface area contributed by atoms with Crippen molar-refractivity contribution in [1.82, 2.24) is 31.9 Å². The number of aliphatic hydroxyl groups is 1. The SMILES string of the molecule is CC(C)[C@H](NC(=O)[C@H](Cc1ccccc1)NC(=O)[C@H](CO)NC(=O)[C@H](C)NC(=O)[C@H](CCCN=C(N)N)NC(=O)[C@@H](N)CCCN=C(N)N)C(=O)N[C@@H](Cc1ccccc1)C(=O)O. The number of carbonyl (C=O) groups is 7. The van der Waals surface area contributed by atoms with E-state index < -0.39 is 96.2 Å². The molecule has 0 fully saturated rings. The number of nitrogens with zero attached hydrogens (tertiary/aromatic N) is 2. The first-order chi connectivity index (χ1) is 29.8. The van der Waals surface area contributed by atoms with Crippen molar-refractivity contribution in [2.24, 2.45) is 44.6 Å². The predicted molar refractivity (Wildman–Crippen MR) is 235 cm³/mol. The highest BCUT2D eigenvalue weighted by Crippen LogP contribution is 2.10. The van der Waals surface area contributed by atoms with Crippen molar-refractivity contribution in [3.63, 3.8) is 0 Å². The lowest BCUT2D eigenvalue weighted by molar-refractivity contribution is -0.142. The predicted octanol–water partition coefficient (Wildman–Crippen LogP) is -3.43. The van der Waals surface area contributed by atoms with E-state index in [-0.39, 0.29) is 57.1 Å². The summed E-state index contributed by atoms with van der Waals surface area (Å²) in [6.07, 6.45) is 0.774. The van der Waals surface area contributed by atoms with Gasteiger partial charge in [0.25, 0.3) is 0 Å². The summed E-state index contributed by atoms with van der Waals surface area (Å²) in [7, 11) is 0. The summed E-state index contributed by atoms with van der Waals surface area (Å²) in [6.45, 7) is 4.05. The average Bonchev–Trinajstić information content (AvgIpc) is 3.23. The summed E-state index contributed by atoms with van der Waals surface area (Å²) >= 11 is 0. The van der Waals surface area contributed by atoms with Gasteiger partial charge in [-0.25, -0.2) is 4.79 Å². The number of hydrogen-bond acceptors (Lipinski definition) is 11. The molecule has 0 aliphatic carbocycles. The lowest BCUT2D eigenvalue weighted by atomic mass is 9.99. The maximum atomic E-state index is 13.9. The standard InChI is InChI=1S/C41H63N13O9/c1-23(2)32(38(61)52-30(39(62)63)21-26-14-8-5-9-15-26)54-36(59)29(20-25-12-6-4-7-13-25)51-37(60)31(22-55)53-33(56)24(3)49-35(58)28(17-11-19-48-41(45)46)50-34(57)27(42)16-10-18-47-40(43)44/h4-9,12-15,23-24,27-32,55H,10-11,16-22,42H2,1-3H3,(H,49,58)(H,50,57)(H,51,60)(H,52,61)(H,53,56)(H,54,59)(H,62,63)(H4,43,44,47)(H4,45,46,48)/t24-,27-,28-,29-,30-,31-,32-/m0/s1. The van der Waals surface area contributed by atoms with Crippen LogP contribution in [0.1, 0.15) is 57.6 Å². The summed E-state index contributed by atoms with van der Waals surface area (Å²) in [5.41, 5.74) is 28.7. The molecule has 0 aliphatic rings. The molecule has 0 saturated heterocycles. The minimum atomic E-state index is -1.62. The second-order valence-corrected chi connectivity index (χ2v) is 15.1. The molecule has 0 aromatic heterocycles. The molecule has 0 bridgehead atoms. The number of amides is 6. The summed E-state index contributed by atoms with van der Waals surface area (Å²) < 4.78 is 0. The first kappa shape index (κ1) is 52.3. The molecule has 0 heterocycles. The molecule has 2 rings (SSSR count). The first-order valence-corrected chi connectivity index (χ1v) is 20.4. The summed E-state index contributed by atoms with van der Waals surface area (Å²) in [5.74, 6) is -6.96. The van der Waals surface area contributed by atoms with Gasteiger partial charge in [-0.2, -0.15) is 0 Å². The van der Waals surface area contributed by atoms with Gasteiger partial charge in [0.2, 0.25) is 35.4 Å². The van der Waals surface area contributed by atoms with Crippen LogP contribution in [0.15, 0.2) is 70.6 Å². The fraction of sp³-hybridized carbons (Fsp3) is 0.488. The van der Waals surface area contributed by atoms with Gasteiger partial charge in [-0.1, -0.05) is 74.5 Å². The molecule has 346 valence electrons. The van der Waals surface area contributed by atoms with E-state index in [2.05, 4.69) is 41.9 Å². The third kappa shape index (κ3) is 19.6. The van der Waals surface area contributed by atoms with E-state index in [0.717, 1.165) is 0 Å². The Balaban J connectivity index is 2.19. The van der Waals surface area contributed by atoms with E-state index in [0.29, 0.717) is 17.5 Å².